The molecule has 0 saturated heterocycles. The summed E-state index contributed by atoms with van der Waals surface area (Å²) in [5.74, 6) is 0.639. The van der Waals surface area contributed by atoms with E-state index >= 15 is 0 Å². The molecule has 2 aromatic carbocycles. The molecule has 0 aromatic heterocycles. The van der Waals surface area contributed by atoms with E-state index in [2.05, 4.69) is 27.6 Å². The van der Waals surface area contributed by atoms with E-state index < -0.39 is 10.0 Å². The Morgan fingerprint density at radius 2 is 1.71 bits per heavy atom. The first-order valence-electron chi connectivity index (χ1n) is 9.42. The number of rotatable bonds is 5. The highest BCUT2D eigenvalue weighted by atomic mass is 79.9. The van der Waals surface area contributed by atoms with Crippen molar-refractivity contribution >= 4 is 37.5 Å². The Kier molecular flexibility index (Phi) is 6.45. The molecule has 3 rings (SSSR count). The molecule has 0 bridgehead atoms. The molecule has 7 heteroatoms. The van der Waals surface area contributed by atoms with E-state index in [9.17, 15) is 13.2 Å². The third kappa shape index (κ3) is 4.94. The molecule has 0 atom stereocenters. The van der Waals surface area contributed by atoms with Crippen LogP contribution in [0.3, 0.4) is 0 Å². The van der Waals surface area contributed by atoms with Crippen LogP contribution in [0.4, 0.5) is 5.69 Å². The van der Waals surface area contributed by atoms with Crippen LogP contribution in [-0.4, -0.2) is 32.3 Å². The van der Waals surface area contributed by atoms with Crippen molar-refractivity contribution < 1.29 is 13.2 Å². The van der Waals surface area contributed by atoms with Crippen LogP contribution in [0, 0.1) is 5.92 Å². The number of carbonyl (C=O) groups excluding carboxylic acids is 1. The van der Waals surface area contributed by atoms with Crippen molar-refractivity contribution in [3.05, 3.63) is 58.6 Å². The number of halogens is 1. The topological polar surface area (TPSA) is 66.5 Å². The third-order valence-electron chi connectivity index (χ3n) is 5.34. The maximum Gasteiger partial charge on any atom is 0.261 e. The summed E-state index contributed by atoms with van der Waals surface area (Å²) >= 11 is 3.30. The van der Waals surface area contributed by atoms with Gasteiger partial charge >= 0.3 is 0 Å². The van der Waals surface area contributed by atoms with Gasteiger partial charge in [-0.05, 0) is 74.1 Å². The molecule has 2 aromatic rings. The van der Waals surface area contributed by atoms with E-state index in [1.165, 1.54) is 12.1 Å². The van der Waals surface area contributed by atoms with Gasteiger partial charge < -0.3 is 4.90 Å². The first kappa shape index (κ1) is 20.9. The normalized spacial score (nSPS) is 19.8. The van der Waals surface area contributed by atoms with Gasteiger partial charge in [-0.1, -0.05) is 28.9 Å². The van der Waals surface area contributed by atoms with Crippen LogP contribution in [0.25, 0.3) is 0 Å². The lowest BCUT2D eigenvalue weighted by Crippen LogP contribution is -2.39. The van der Waals surface area contributed by atoms with Crippen molar-refractivity contribution in [1.29, 1.82) is 0 Å². The van der Waals surface area contributed by atoms with Gasteiger partial charge in [0, 0.05) is 28.8 Å². The Labute approximate surface area is 175 Å². The highest BCUT2D eigenvalue weighted by Gasteiger charge is 2.25. The molecule has 0 unspecified atom stereocenters. The molecule has 1 N–H and O–H groups in total. The first-order chi connectivity index (χ1) is 13.3. The second-order valence-electron chi connectivity index (χ2n) is 7.47. The van der Waals surface area contributed by atoms with Gasteiger partial charge in [0.05, 0.1) is 4.90 Å². The summed E-state index contributed by atoms with van der Waals surface area (Å²) in [4.78, 5) is 14.9. The number of nitrogens with one attached hydrogen (secondary N) is 1. The third-order valence-corrected chi connectivity index (χ3v) is 7.26. The summed E-state index contributed by atoms with van der Waals surface area (Å²) in [6.45, 7) is 2.25. The number of nitrogens with zero attached hydrogens (tertiary/aromatic N) is 1. The van der Waals surface area contributed by atoms with Gasteiger partial charge in [0.1, 0.15) is 0 Å². The maximum absolute atomic E-state index is 12.9. The van der Waals surface area contributed by atoms with E-state index in [1.54, 1.807) is 41.3 Å². The SMILES string of the molecule is CC1CCC(N(C)C(=O)c2cccc(NS(=O)(=O)c3ccc(Br)cc3)c2)CC1. The van der Waals surface area contributed by atoms with Gasteiger partial charge in [0.25, 0.3) is 15.9 Å². The van der Waals surface area contributed by atoms with Gasteiger partial charge in [0.15, 0.2) is 0 Å². The number of carbonyl (C=O) groups is 1. The van der Waals surface area contributed by atoms with Crippen molar-refractivity contribution in [2.24, 2.45) is 5.92 Å². The zero-order chi connectivity index (χ0) is 20.3. The van der Waals surface area contributed by atoms with Crippen LogP contribution < -0.4 is 4.72 Å². The highest BCUT2D eigenvalue weighted by Crippen LogP contribution is 2.27. The van der Waals surface area contributed by atoms with Gasteiger partial charge in [-0.25, -0.2) is 8.42 Å². The number of hydrogen-bond acceptors (Lipinski definition) is 3. The fraction of sp³-hybridized carbons (Fsp3) is 0.381. The molecule has 1 fully saturated rings. The summed E-state index contributed by atoms with van der Waals surface area (Å²) in [5, 5.41) is 0. The Balaban J connectivity index is 1.74. The van der Waals surface area contributed by atoms with E-state index in [0.717, 1.165) is 36.1 Å². The van der Waals surface area contributed by atoms with Gasteiger partial charge in [-0.2, -0.15) is 0 Å². The monoisotopic (exact) mass is 464 g/mol. The van der Waals surface area contributed by atoms with Gasteiger partial charge in [-0.3, -0.25) is 9.52 Å². The van der Waals surface area contributed by atoms with E-state index in [4.69, 9.17) is 0 Å². The number of anilines is 1. The minimum Gasteiger partial charge on any atom is -0.339 e. The minimum absolute atomic E-state index is 0.0794. The Morgan fingerprint density at radius 3 is 2.36 bits per heavy atom. The van der Waals surface area contributed by atoms with E-state index in [-0.39, 0.29) is 16.8 Å². The van der Waals surface area contributed by atoms with Crippen LogP contribution in [0.15, 0.2) is 57.9 Å². The van der Waals surface area contributed by atoms with Crippen LogP contribution >= 0.6 is 15.9 Å². The zero-order valence-corrected chi connectivity index (χ0v) is 18.5. The molecule has 0 heterocycles. The molecule has 1 amide bonds. The van der Waals surface area contributed by atoms with Gasteiger partial charge in [0.2, 0.25) is 0 Å². The van der Waals surface area contributed by atoms with Crippen LogP contribution in [0.2, 0.25) is 0 Å². The molecule has 0 aliphatic heterocycles. The van der Waals surface area contributed by atoms with Crippen molar-refractivity contribution in [3.63, 3.8) is 0 Å². The molecule has 1 saturated carbocycles. The quantitative estimate of drug-likeness (QED) is 0.683. The summed E-state index contributed by atoms with van der Waals surface area (Å²) < 4.78 is 28.5. The Bertz CT molecular complexity index is 936. The van der Waals surface area contributed by atoms with Crippen LogP contribution in [0.5, 0.6) is 0 Å². The Morgan fingerprint density at radius 1 is 1.07 bits per heavy atom. The minimum atomic E-state index is -3.72. The lowest BCUT2D eigenvalue weighted by molar-refractivity contribution is 0.0679. The Hall–Kier alpha value is -1.86. The molecular formula is C21H25BrN2O3S. The molecule has 0 radical (unpaired) electrons. The molecule has 5 nitrogen and oxygen atoms in total. The molecule has 28 heavy (non-hydrogen) atoms. The summed E-state index contributed by atoms with van der Waals surface area (Å²) in [6, 6.07) is 13.3. The van der Waals surface area contributed by atoms with E-state index in [1.807, 2.05) is 7.05 Å². The molecular weight excluding hydrogens is 440 g/mol. The lowest BCUT2D eigenvalue weighted by Gasteiger charge is -2.33. The smallest absolute Gasteiger partial charge is 0.261 e. The van der Waals surface area contributed by atoms with E-state index in [0.29, 0.717) is 11.3 Å². The summed E-state index contributed by atoms with van der Waals surface area (Å²) in [6.07, 6.45) is 4.29. The maximum atomic E-state index is 12.9. The second-order valence-corrected chi connectivity index (χ2v) is 10.1. The first-order valence-corrected chi connectivity index (χ1v) is 11.7. The second kappa shape index (κ2) is 8.66. The molecule has 150 valence electrons. The standard InChI is InChI=1S/C21H25BrN2O3S/c1-15-6-10-19(11-7-15)24(2)21(25)16-4-3-5-18(14-16)23-28(26,27)20-12-8-17(22)9-13-20/h3-5,8-9,12-15,19,23H,6-7,10-11H2,1-2H3. The fourth-order valence-electron chi connectivity index (χ4n) is 3.54. The van der Waals surface area contributed by atoms with Crippen molar-refractivity contribution in [2.45, 2.75) is 43.5 Å². The number of sulfonamides is 1. The predicted octanol–water partition coefficient (Wildman–Crippen LogP) is 4.90. The molecule has 1 aliphatic carbocycles. The van der Waals surface area contributed by atoms with Gasteiger partial charge in [-0.15, -0.1) is 0 Å². The van der Waals surface area contributed by atoms with Crippen LogP contribution in [-0.2, 0) is 10.0 Å². The summed E-state index contributed by atoms with van der Waals surface area (Å²) in [5.41, 5.74) is 0.858. The number of hydrogen-bond donors (Lipinski definition) is 1. The zero-order valence-electron chi connectivity index (χ0n) is 16.1. The highest BCUT2D eigenvalue weighted by molar-refractivity contribution is 9.10. The average molecular weight is 465 g/mol. The lowest BCUT2D eigenvalue weighted by atomic mass is 9.86. The van der Waals surface area contributed by atoms with Crippen molar-refractivity contribution in [1.82, 2.24) is 4.90 Å². The number of benzene rings is 2. The average Bonchev–Trinajstić information content (AvgIpc) is 2.67. The fourth-order valence-corrected chi connectivity index (χ4v) is 4.86. The predicted molar refractivity (Wildman–Crippen MR) is 115 cm³/mol. The van der Waals surface area contributed by atoms with Crippen LogP contribution in [0.1, 0.15) is 43.0 Å². The molecule has 0 spiro atoms. The number of amides is 1. The van der Waals surface area contributed by atoms with Crippen molar-refractivity contribution in [2.75, 3.05) is 11.8 Å². The summed E-state index contributed by atoms with van der Waals surface area (Å²) in [7, 11) is -1.88. The molecule has 1 aliphatic rings. The largest absolute Gasteiger partial charge is 0.339 e. The van der Waals surface area contributed by atoms with Crippen molar-refractivity contribution in [3.8, 4) is 0 Å².